The number of carbonyl (C=O) groups is 2. The van der Waals surface area contributed by atoms with Gasteiger partial charge in [0.1, 0.15) is 0 Å². The van der Waals surface area contributed by atoms with Crippen LogP contribution in [-0.4, -0.2) is 43.4 Å². The third kappa shape index (κ3) is 2.65. The number of hydrogen-bond donors (Lipinski definition) is 1. The number of carbonyl (C=O) groups excluding carboxylic acids is 2. The largest absolute Gasteiger partial charge is 0.344 e. The summed E-state index contributed by atoms with van der Waals surface area (Å²) >= 11 is 0. The quantitative estimate of drug-likeness (QED) is 0.892. The highest BCUT2D eigenvalue weighted by Crippen LogP contribution is 2.34. The molecular weight excluding hydrogens is 266 g/mol. The molecular formula is C16H21N3O2. The topological polar surface area (TPSA) is 52.7 Å². The van der Waals surface area contributed by atoms with E-state index in [1.54, 1.807) is 9.80 Å². The SMILES string of the molecule is CN1CC(NC2CC(=O)N(C)c3ccccc32)CCC1=O. The molecule has 2 unspecified atom stereocenters. The second-order valence-electron chi connectivity index (χ2n) is 5.94. The Hall–Kier alpha value is -1.88. The van der Waals surface area contributed by atoms with Crippen LogP contribution in [0.3, 0.4) is 0 Å². The standard InChI is InChI=1S/C16H21N3O2/c1-18-10-11(7-8-15(18)20)17-13-9-16(21)19(2)14-6-4-3-5-12(13)14/h3-6,11,13,17H,7-10H2,1-2H3. The number of piperidine rings is 1. The van der Waals surface area contributed by atoms with Crippen LogP contribution in [0.4, 0.5) is 5.69 Å². The maximum Gasteiger partial charge on any atom is 0.228 e. The van der Waals surface area contributed by atoms with Gasteiger partial charge in [0.05, 0.1) is 0 Å². The summed E-state index contributed by atoms with van der Waals surface area (Å²) in [4.78, 5) is 27.2. The molecule has 0 bridgehead atoms. The number of fused-ring (bicyclic) bond motifs is 1. The van der Waals surface area contributed by atoms with E-state index in [9.17, 15) is 9.59 Å². The Balaban J connectivity index is 1.78. The summed E-state index contributed by atoms with van der Waals surface area (Å²) in [5.74, 6) is 0.333. The fraction of sp³-hybridized carbons (Fsp3) is 0.500. The molecule has 1 aromatic rings. The molecule has 21 heavy (non-hydrogen) atoms. The van der Waals surface area contributed by atoms with Crippen molar-refractivity contribution in [3.63, 3.8) is 0 Å². The lowest BCUT2D eigenvalue weighted by atomic mass is 9.94. The lowest BCUT2D eigenvalue weighted by Crippen LogP contribution is -2.49. The summed E-state index contributed by atoms with van der Waals surface area (Å²) in [5, 5.41) is 3.57. The fourth-order valence-electron chi connectivity index (χ4n) is 3.23. The summed E-state index contributed by atoms with van der Waals surface area (Å²) in [6.45, 7) is 0.710. The monoisotopic (exact) mass is 287 g/mol. The highest BCUT2D eigenvalue weighted by atomic mass is 16.2. The molecule has 3 rings (SSSR count). The van der Waals surface area contributed by atoms with Gasteiger partial charge in [0.15, 0.2) is 0 Å². The molecule has 0 saturated carbocycles. The third-order valence-electron chi connectivity index (χ3n) is 4.49. The molecule has 1 saturated heterocycles. The second kappa shape index (κ2) is 5.48. The molecule has 2 atom stereocenters. The second-order valence-corrected chi connectivity index (χ2v) is 5.94. The van der Waals surface area contributed by atoms with Crippen molar-refractivity contribution >= 4 is 17.5 Å². The van der Waals surface area contributed by atoms with E-state index in [2.05, 4.69) is 11.4 Å². The van der Waals surface area contributed by atoms with Crippen LogP contribution in [0.15, 0.2) is 24.3 Å². The average molecular weight is 287 g/mol. The van der Waals surface area contributed by atoms with E-state index in [4.69, 9.17) is 0 Å². The van der Waals surface area contributed by atoms with Crippen molar-refractivity contribution in [1.82, 2.24) is 10.2 Å². The highest BCUT2D eigenvalue weighted by Gasteiger charge is 2.32. The van der Waals surface area contributed by atoms with Gasteiger partial charge in [-0.15, -0.1) is 0 Å². The van der Waals surface area contributed by atoms with Gasteiger partial charge in [-0.05, 0) is 18.1 Å². The van der Waals surface area contributed by atoms with E-state index >= 15 is 0 Å². The zero-order chi connectivity index (χ0) is 15.0. The molecule has 2 aliphatic heterocycles. The number of nitrogens with zero attached hydrogens (tertiary/aromatic N) is 2. The van der Waals surface area contributed by atoms with Crippen LogP contribution in [0.1, 0.15) is 30.9 Å². The van der Waals surface area contributed by atoms with E-state index in [-0.39, 0.29) is 23.9 Å². The zero-order valence-corrected chi connectivity index (χ0v) is 12.5. The molecule has 2 amide bonds. The van der Waals surface area contributed by atoms with E-state index in [1.807, 2.05) is 32.3 Å². The Morgan fingerprint density at radius 3 is 2.67 bits per heavy atom. The molecule has 5 nitrogen and oxygen atoms in total. The molecule has 0 spiro atoms. The first-order valence-corrected chi connectivity index (χ1v) is 7.41. The number of likely N-dealkylation sites (N-methyl/N-ethyl adjacent to an activating group) is 1. The van der Waals surface area contributed by atoms with Crippen molar-refractivity contribution in [2.24, 2.45) is 0 Å². The van der Waals surface area contributed by atoms with Crippen LogP contribution < -0.4 is 10.2 Å². The van der Waals surface area contributed by atoms with Crippen molar-refractivity contribution in [3.05, 3.63) is 29.8 Å². The zero-order valence-electron chi connectivity index (χ0n) is 12.5. The molecule has 1 fully saturated rings. The molecule has 2 aliphatic rings. The maximum absolute atomic E-state index is 12.1. The van der Waals surface area contributed by atoms with Gasteiger partial charge in [-0.2, -0.15) is 0 Å². The maximum atomic E-state index is 12.1. The lowest BCUT2D eigenvalue weighted by molar-refractivity contribution is -0.132. The summed E-state index contributed by atoms with van der Waals surface area (Å²) in [7, 11) is 3.66. The molecule has 5 heteroatoms. The molecule has 112 valence electrons. The van der Waals surface area contributed by atoms with Crippen LogP contribution in [-0.2, 0) is 9.59 Å². The van der Waals surface area contributed by atoms with Gasteiger partial charge in [-0.1, -0.05) is 18.2 Å². The minimum Gasteiger partial charge on any atom is -0.344 e. The number of nitrogens with one attached hydrogen (secondary N) is 1. The van der Waals surface area contributed by atoms with E-state index in [0.717, 1.165) is 12.1 Å². The van der Waals surface area contributed by atoms with Crippen molar-refractivity contribution < 1.29 is 9.59 Å². The minimum absolute atomic E-state index is 0.0384. The highest BCUT2D eigenvalue weighted by molar-refractivity contribution is 5.96. The predicted octanol–water partition coefficient (Wildman–Crippen LogP) is 1.30. The van der Waals surface area contributed by atoms with Crippen LogP contribution in [0, 0.1) is 0 Å². The van der Waals surface area contributed by atoms with Crippen molar-refractivity contribution in [2.45, 2.75) is 31.3 Å². The molecule has 1 N–H and O–H groups in total. The average Bonchev–Trinajstić information content (AvgIpc) is 2.48. The number of likely N-dealkylation sites (tertiary alicyclic amines) is 1. The molecule has 0 aliphatic carbocycles. The van der Waals surface area contributed by atoms with Gasteiger partial charge < -0.3 is 15.1 Å². The van der Waals surface area contributed by atoms with E-state index in [1.165, 1.54) is 5.56 Å². The minimum atomic E-state index is 0.0384. The van der Waals surface area contributed by atoms with Crippen molar-refractivity contribution in [2.75, 3.05) is 25.5 Å². The Morgan fingerprint density at radius 2 is 1.90 bits per heavy atom. The summed E-state index contributed by atoms with van der Waals surface area (Å²) in [5.41, 5.74) is 2.14. The van der Waals surface area contributed by atoms with Crippen LogP contribution >= 0.6 is 0 Å². The molecule has 0 radical (unpaired) electrons. The third-order valence-corrected chi connectivity index (χ3v) is 4.49. The normalized spacial score (nSPS) is 26.0. The first-order valence-electron chi connectivity index (χ1n) is 7.41. The van der Waals surface area contributed by atoms with Crippen molar-refractivity contribution in [3.8, 4) is 0 Å². The number of hydrogen-bond acceptors (Lipinski definition) is 3. The smallest absolute Gasteiger partial charge is 0.228 e. The first-order chi connectivity index (χ1) is 10.1. The number of anilines is 1. The van der Waals surface area contributed by atoms with E-state index in [0.29, 0.717) is 19.4 Å². The Kier molecular flexibility index (Phi) is 3.68. The van der Waals surface area contributed by atoms with Gasteiger partial charge in [-0.25, -0.2) is 0 Å². The van der Waals surface area contributed by atoms with Crippen molar-refractivity contribution in [1.29, 1.82) is 0 Å². The Bertz CT molecular complexity index is 572. The first kappa shape index (κ1) is 14.1. The van der Waals surface area contributed by atoms with Crippen LogP contribution in [0.5, 0.6) is 0 Å². The molecule has 1 aromatic carbocycles. The molecule has 0 aromatic heterocycles. The number of rotatable bonds is 2. The number of amides is 2. The van der Waals surface area contributed by atoms with Gasteiger partial charge in [0.25, 0.3) is 0 Å². The fourth-order valence-corrected chi connectivity index (χ4v) is 3.23. The van der Waals surface area contributed by atoms with Crippen LogP contribution in [0.2, 0.25) is 0 Å². The molecule has 2 heterocycles. The predicted molar refractivity (Wildman–Crippen MR) is 81.0 cm³/mol. The summed E-state index contributed by atoms with van der Waals surface area (Å²) in [6.07, 6.45) is 1.89. The number of benzene rings is 1. The Morgan fingerprint density at radius 1 is 1.14 bits per heavy atom. The lowest BCUT2D eigenvalue weighted by Gasteiger charge is -2.37. The Labute approximate surface area is 124 Å². The summed E-state index contributed by atoms with van der Waals surface area (Å²) < 4.78 is 0. The van der Waals surface area contributed by atoms with E-state index < -0.39 is 0 Å². The van der Waals surface area contributed by atoms with Gasteiger partial charge >= 0.3 is 0 Å². The van der Waals surface area contributed by atoms with Crippen LogP contribution in [0.25, 0.3) is 0 Å². The summed E-state index contributed by atoms with van der Waals surface area (Å²) in [6, 6.07) is 8.31. The van der Waals surface area contributed by atoms with Gasteiger partial charge in [0, 0.05) is 51.3 Å². The van der Waals surface area contributed by atoms with Gasteiger partial charge in [0.2, 0.25) is 11.8 Å². The van der Waals surface area contributed by atoms with Gasteiger partial charge in [-0.3, -0.25) is 9.59 Å². The number of para-hydroxylation sites is 1.